The van der Waals surface area contributed by atoms with E-state index in [0.717, 1.165) is 18.1 Å². The number of piperidine rings is 1. The molecule has 2 rings (SSSR count). The first-order chi connectivity index (χ1) is 7.86. The second-order valence-corrected chi connectivity index (χ2v) is 5.85. The van der Waals surface area contributed by atoms with E-state index in [-0.39, 0.29) is 0 Å². The summed E-state index contributed by atoms with van der Waals surface area (Å²) in [4.78, 5) is 2.95. The van der Waals surface area contributed by atoms with Crippen LogP contribution in [-0.4, -0.2) is 23.0 Å². The minimum Gasteiger partial charge on any atom is -0.294 e. The molecular weight excluding hydrogens is 194 g/mol. The molecule has 2 aliphatic heterocycles. The average Bonchev–Trinajstić information content (AvgIpc) is 2.71. The fourth-order valence-corrected chi connectivity index (χ4v) is 3.97. The van der Waals surface area contributed by atoms with E-state index in [1.807, 2.05) is 0 Å². The highest BCUT2D eigenvalue weighted by Crippen LogP contribution is 2.38. The molecule has 2 aliphatic rings. The largest absolute Gasteiger partial charge is 0.294 e. The minimum atomic E-state index is 0.938. The van der Waals surface area contributed by atoms with Crippen LogP contribution in [0, 0.1) is 0 Å². The summed E-state index contributed by atoms with van der Waals surface area (Å²) in [5.74, 6) is 0. The highest BCUT2D eigenvalue weighted by molar-refractivity contribution is 4.94. The van der Waals surface area contributed by atoms with Gasteiger partial charge in [0.1, 0.15) is 0 Å². The van der Waals surface area contributed by atoms with Crippen molar-refractivity contribution in [1.82, 2.24) is 4.90 Å². The maximum atomic E-state index is 2.95. The number of rotatable bonds is 5. The van der Waals surface area contributed by atoms with Crippen LogP contribution in [0.3, 0.4) is 0 Å². The lowest BCUT2D eigenvalue weighted by Gasteiger charge is -2.41. The zero-order valence-corrected chi connectivity index (χ0v) is 11.3. The molecule has 1 nitrogen and oxygen atoms in total. The van der Waals surface area contributed by atoms with Gasteiger partial charge in [0.25, 0.3) is 0 Å². The van der Waals surface area contributed by atoms with Gasteiger partial charge < -0.3 is 0 Å². The van der Waals surface area contributed by atoms with Gasteiger partial charge in [-0.3, -0.25) is 4.90 Å². The molecule has 0 radical (unpaired) electrons. The van der Waals surface area contributed by atoms with Crippen LogP contribution in [0.4, 0.5) is 0 Å². The summed E-state index contributed by atoms with van der Waals surface area (Å²) in [6, 6.07) is 2.85. The molecule has 2 saturated heterocycles. The van der Waals surface area contributed by atoms with Gasteiger partial charge in [-0.05, 0) is 38.5 Å². The number of unbranched alkanes of at least 4 members (excludes halogenated alkanes) is 1. The Labute approximate surface area is 102 Å². The standard InChI is InChI=1S/C15H29N/c1-3-5-8-14-11-12-15-10-6-9-13(7-4-2)16(14)15/h13-15H,3-12H2,1-2H3. The third-order valence-corrected chi connectivity index (χ3v) is 4.69. The zero-order valence-electron chi connectivity index (χ0n) is 11.3. The quantitative estimate of drug-likeness (QED) is 0.669. The van der Waals surface area contributed by atoms with Crippen LogP contribution >= 0.6 is 0 Å². The van der Waals surface area contributed by atoms with Crippen molar-refractivity contribution in [2.24, 2.45) is 0 Å². The Morgan fingerprint density at radius 2 is 1.69 bits per heavy atom. The van der Waals surface area contributed by atoms with Gasteiger partial charge in [-0.15, -0.1) is 0 Å². The molecule has 0 N–H and O–H groups in total. The van der Waals surface area contributed by atoms with Crippen LogP contribution in [0.15, 0.2) is 0 Å². The lowest BCUT2D eigenvalue weighted by molar-refractivity contribution is 0.0715. The number of hydrogen-bond donors (Lipinski definition) is 0. The Kier molecular flexibility index (Phi) is 4.69. The van der Waals surface area contributed by atoms with E-state index in [9.17, 15) is 0 Å². The van der Waals surface area contributed by atoms with Gasteiger partial charge in [-0.2, -0.15) is 0 Å². The molecule has 2 fully saturated rings. The second-order valence-electron chi connectivity index (χ2n) is 5.85. The van der Waals surface area contributed by atoms with Crippen molar-refractivity contribution in [3.63, 3.8) is 0 Å². The van der Waals surface area contributed by atoms with Crippen molar-refractivity contribution in [2.45, 2.75) is 96.2 Å². The summed E-state index contributed by atoms with van der Waals surface area (Å²) in [6.07, 6.45) is 14.5. The predicted octanol–water partition coefficient (Wildman–Crippen LogP) is 4.36. The summed E-state index contributed by atoms with van der Waals surface area (Å²) in [7, 11) is 0. The van der Waals surface area contributed by atoms with Crippen LogP contribution in [0.5, 0.6) is 0 Å². The van der Waals surface area contributed by atoms with Gasteiger partial charge in [0.05, 0.1) is 0 Å². The van der Waals surface area contributed by atoms with Gasteiger partial charge >= 0.3 is 0 Å². The molecule has 0 amide bonds. The molecule has 0 aromatic heterocycles. The molecule has 3 atom stereocenters. The lowest BCUT2D eigenvalue weighted by Crippen LogP contribution is -2.46. The lowest BCUT2D eigenvalue weighted by atomic mass is 9.93. The van der Waals surface area contributed by atoms with E-state index in [2.05, 4.69) is 18.7 Å². The molecule has 0 aromatic rings. The SMILES string of the molecule is CCCCC1CCC2CCCC(CCC)N12. The van der Waals surface area contributed by atoms with Gasteiger partial charge in [-0.1, -0.05) is 39.5 Å². The van der Waals surface area contributed by atoms with Gasteiger partial charge in [0.15, 0.2) is 0 Å². The third kappa shape index (κ3) is 2.61. The molecule has 94 valence electrons. The first-order valence-corrected chi connectivity index (χ1v) is 7.64. The van der Waals surface area contributed by atoms with Gasteiger partial charge in [-0.25, -0.2) is 0 Å². The monoisotopic (exact) mass is 223 g/mol. The average molecular weight is 223 g/mol. The van der Waals surface area contributed by atoms with Crippen LogP contribution in [0.25, 0.3) is 0 Å². The molecule has 0 aliphatic carbocycles. The van der Waals surface area contributed by atoms with Gasteiger partial charge in [0.2, 0.25) is 0 Å². The van der Waals surface area contributed by atoms with E-state index in [0.29, 0.717) is 0 Å². The van der Waals surface area contributed by atoms with Crippen LogP contribution in [0.1, 0.15) is 78.1 Å². The third-order valence-electron chi connectivity index (χ3n) is 4.69. The Bertz CT molecular complexity index is 200. The molecule has 1 heteroatoms. The van der Waals surface area contributed by atoms with Crippen LogP contribution in [0.2, 0.25) is 0 Å². The molecule has 2 heterocycles. The molecule has 0 bridgehead atoms. The molecule has 0 saturated carbocycles. The first-order valence-electron chi connectivity index (χ1n) is 7.64. The fourth-order valence-electron chi connectivity index (χ4n) is 3.97. The Morgan fingerprint density at radius 3 is 2.44 bits per heavy atom. The second kappa shape index (κ2) is 6.05. The summed E-state index contributed by atoms with van der Waals surface area (Å²) in [5.41, 5.74) is 0. The summed E-state index contributed by atoms with van der Waals surface area (Å²) in [6.45, 7) is 4.67. The molecule has 0 spiro atoms. The highest BCUT2D eigenvalue weighted by Gasteiger charge is 2.39. The summed E-state index contributed by atoms with van der Waals surface area (Å²) in [5, 5.41) is 0. The Balaban J connectivity index is 1.94. The molecule has 16 heavy (non-hydrogen) atoms. The molecule has 3 unspecified atom stereocenters. The smallest absolute Gasteiger partial charge is 0.0102 e. The fraction of sp³-hybridized carbons (Fsp3) is 1.00. The number of nitrogens with zero attached hydrogens (tertiary/aromatic N) is 1. The van der Waals surface area contributed by atoms with E-state index in [1.54, 1.807) is 0 Å². The normalized spacial score (nSPS) is 35.2. The number of hydrogen-bond acceptors (Lipinski definition) is 1. The van der Waals surface area contributed by atoms with Crippen LogP contribution in [-0.2, 0) is 0 Å². The summed E-state index contributed by atoms with van der Waals surface area (Å²) < 4.78 is 0. The minimum absolute atomic E-state index is 0.938. The zero-order chi connectivity index (χ0) is 11.4. The van der Waals surface area contributed by atoms with E-state index in [4.69, 9.17) is 0 Å². The molecule has 0 aromatic carbocycles. The van der Waals surface area contributed by atoms with Crippen molar-refractivity contribution in [2.75, 3.05) is 0 Å². The maximum absolute atomic E-state index is 2.95. The first kappa shape index (κ1) is 12.4. The topological polar surface area (TPSA) is 3.24 Å². The van der Waals surface area contributed by atoms with E-state index < -0.39 is 0 Å². The predicted molar refractivity (Wildman–Crippen MR) is 70.7 cm³/mol. The van der Waals surface area contributed by atoms with Crippen molar-refractivity contribution in [3.05, 3.63) is 0 Å². The van der Waals surface area contributed by atoms with Crippen molar-refractivity contribution >= 4 is 0 Å². The van der Waals surface area contributed by atoms with E-state index in [1.165, 1.54) is 64.2 Å². The Morgan fingerprint density at radius 1 is 0.875 bits per heavy atom. The Hall–Kier alpha value is -0.0400. The van der Waals surface area contributed by atoms with Crippen LogP contribution < -0.4 is 0 Å². The van der Waals surface area contributed by atoms with E-state index >= 15 is 0 Å². The van der Waals surface area contributed by atoms with Crippen molar-refractivity contribution in [3.8, 4) is 0 Å². The highest BCUT2D eigenvalue weighted by atomic mass is 15.2. The van der Waals surface area contributed by atoms with Crippen molar-refractivity contribution < 1.29 is 0 Å². The van der Waals surface area contributed by atoms with Gasteiger partial charge in [0, 0.05) is 18.1 Å². The number of fused-ring (bicyclic) bond motifs is 1. The molecular formula is C15H29N. The summed E-state index contributed by atoms with van der Waals surface area (Å²) >= 11 is 0. The van der Waals surface area contributed by atoms with Crippen molar-refractivity contribution in [1.29, 1.82) is 0 Å². The maximum Gasteiger partial charge on any atom is 0.0102 e.